The second-order valence-electron chi connectivity index (χ2n) is 7.77. The first-order valence-electron chi connectivity index (χ1n) is 10.5. The summed E-state index contributed by atoms with van der Waals surface area (Å²) in [5, 5.41) is 3.57. The van der Waals surface area contributed by atoms with Crippen molar-refractivity contribution in [3.8, 4) is 11.5 Å². The fourth-order valence-electron chi connectivity index (χ4n) is 3.62. The molecule has 0 aromatic heterocycles. The summed E-state index contributed by atoms with van der Waals surface area (Å²) in [7, 11) is -3.84. The smallest absolute Gasteiger partial charge is 0.321 e. The van der Waals surface area contributed by atoms with Gasteiger partial charge in [0.2, 0.25) is 10.0 Å². The number of hydrogen-bond acceptors (Lipinski definition) is 7. The van der Waals surface area contributed by atoms with Crippen molar-refractivity contribution in [1.82, 2.24) is 4.72 Å². The summed E-state index contributed by atoms with van der Waals surface area (Å²) in [4.78, 5) is 23.9. The molecule has 1 fully saturated rings. The van der Waals surface area contributed by atoms with Crippen LogP contribution < -0.4 is 19.5 Å². The Bertz CT molecular complexity index is 1160. The second-order valence-corrected chi connectivity index (χ2v) is 9.42. The molecule has 9 nitrogen and oxygen atoms in total. The van der Waals surface area contributed by atoms with E-state index in [0.29, 0.717) is 22.7 Å². The standard InChI is InChI=1S/C23H24N2O7S/c26-21(25-18-8-9-19-20(14-18)32-23(31-19)11-4-5-12-23)16-30-22(27)15-24-33(28,29)13-10-17-6-2-1-3-7-17/h1-3,6-10,13-14,24H,4-5,11-12,15-16H2,(H,25,26)/b13-10+. The maximum atomic E-state index is 12.1. The number of carbonyl (C=O) groups excluding carboxylic acids is 2. The van der Waals surface area contributed by atoms with Crippen molar-refractivity contribution in [3.05, 3.63) is 59.5 Å². The molecule has 0 bridgehead atoms. The maximum Gasteiger partial charge on any atom is 0.321 e. The van der Waals surface area contributed by atoms with E-state index in [4.69, 9.17) is 14.2 Å². The number of hydrogen-bond donors (Lipinski definition) is 2. The van der Waals surface area contributed by atoms with Gasteiger partial charge in [0.25, 0.3) is 11.7 Å². The molecule has 1 aliphatic carbocycles. The first-order chi connectivity index (χ1) is 15.8. The molecule has 1 saturated carbocycles. The van der Waals surface area contributed by atoms with Crippen LogP contribution in [0.2, 0.25) is 0 Å². The lowest BCUT2D eigenvalue weighted by Crippen LogP contribution is -2.34. The average molecular weight is 473 g/mol. The van der Waals surface area contributed by atoms with Gasteiger partial charge >= 0.3 is 5.97 Å². The van der Waals surface area contributed by atoms with Crippen molar-refractivity contribution in [3.63, 3.8) is 0 Å². The van der Waals surface area contributed by atoms with Crippen molar-refractivity contribution < 1.29 is 32.2 Å². The number of sulfonamides is 1. The van der Waals surface area contributed by atoms with Crippen molar-refractivity contribution in [2.75, 3.05) is 18.5 Å². The minimum atomic E-state index is -3.84. The van der Waals surface area contributed by atoms with Gasteiger partial charge < -0.3 is 19.5 Å². The van der Waals surface area contributed by atoms with Gasteiger partial charge in [-0.1, -0.05) is 30.3 Å². The molecule has 0 atom stereocenters. The van der Waals surface area contributed by atoms with Gasteiger partial charge in [0.05, 0.1) is 0 Å². The SMILES string of the molecule is O=C(COC(=O)CNS(=O)(=O)/C=C/c1ccccc1)Nc1ccc2c(c1)OC1(CCCC1)O2. The molecule has 2 aromatic rings. The third kappa shape index (κ3) is 6.11. The van der Waals surface area contributed by atoms with Crippen LogP contribution in [0.4, 0.5) is 5.69 Å². The molecule has 4 rings (SSSR count). The van der Waals surface area contributed by atoms with Gasteiger partial charge in [-0.2, -0.15) is 0 Å². The molecular weight excluding hydrogens is 448 g/mol. The predicted octanol–water partition coefficient (Wildman–Crippen LogP) is 2.80. The molecule has 33 heavy (non-hydrogen) atoms. The van der Waals surface area contributed by atoms with E-state index >= 15 is 0 Å². The molecule has 1 aliphatic heterocycles. The van der Waals surface area contributed by atoms with E-state index < -0.39 is 40.8 Å². The number of nitrogens with one attached hydrogen (secondary N) is 2. The first kappa shape index (κ1) is 22.8. The number of rotatable bonds is 8. The Morgan fingerprint density at radius 2 is 1.76 bits per heavy atom. The van der Waals surface area contributed by atoms with Gasteiger partial charge in [-0.25, -0.2) is 13.1 Å². The molecule has 174 valence electrons. The van der Waals surface area contributed by atoms with Gasteiger partial charge in [-0.15, -0.1) is 0 Å². The fraction of sp³-hybridized carbons (Fsp3) is 0.304. The topological polar surface area (TPSA) is 120 Å². The van der Waals surface area contributed by atoms with Gasteiger partial charge in [0.15, 0.2) is 18.1 Å². The van der Waals surface area contributed by atoms with Gasteiger partial charge in [0.1, 0.15) is 6.54 Å². The highest BCUT2D eigenvalue weighted by Crippen LogP contribution is 2.47. The van der Waals surface area contributed by atoms with Crippen LogP contribution in [0.1, 0.15) is 31.2 Å². The van der Waals surface area contributed by atoms with Crippen LogP contribution in [-0.2, 0) is 24.3 Å². The zero-order valence-electron chi connectivity index (χ0n) is 17.8. The van der Waals surface area contributed by atoms with E-state index in [1.165, 1.54) is 6.08 Å². The van der Waals surface area contributed by atoms with Crippen LogP contribution >= 0.6 is 0 Å². The Labute approximate surface area is 191 Å². The van der Waals surface area contributed by atoms with Gasteiger partial charge in [-0.3, -0.25) is 9.59 Å². The van der Waals surface area contributed by atoms with Crippen LogP contribution in [-0.4, -0.2) is 39.2 Å². The molecule has 1 spiro atoms. The van der Waals surface area contributed by atoms with Crippen LogP contribution in [0.3, 0.4) is 0 Å². The Morgan fingerprint density at radius 1 is 1.03 bits per heavy atom. The molecular formula is C23H24N2O7S. The highest BCUT2D eigenvalue weighted by atomic mass is 32.2. The zero-order valence-corrected chi connectivity index (χ0v) is 18.6. The van der Waals surface area contributed by atoms with Crippen molar-refractivity contribution in [1.29, 1.82) is 0 Å². The molecule has 0 radical (unpaired) electrons. The number of anilines is 1. The summed E-state index contributed by atoms with van der Waals surface area (Å²) in [6.45, 7) is -1.15. The number of benzene rings is 2. The summed E-state index contributed by atoms with van der Waals surface area (Å²) in [5.74, 6) is -0.843. The number of ether oxygens (including phenoxy) is 3. The molecule has 1 heterocycles. The Balaban J connectivity index is 1.21. The highest BCUT2D eigenvalue weighted by molar-refractivity contribution is 7.92. The number of esters is 1. The van der Waals surface area contributed by atoms with Crippen molar-refractivity contribution >= 4 is 33.7 Å². The maximum absolute atomic E-state index is 12.1. The van der Waals surface area contributed by atoms with Gasteiger partial charge in [-0.05, 0) is 36.6 Å². The summed E-state index contributed by atoms with van der Waals surface area (Å²) in [6, 6.07) is 13.9. The summed E-state index contributed by atoms with van der Waals surface area (Å²) >= 11 is 0. The number of fused-ring (bicyclic) bond motifs is 1. The van der Waals surface area contributed by atoms with E-state index in [2.05, 4.69) is 10.0 Å². The lowest BCUT2D eigenvalue weighted by atomic mass is 10.2. The third-order valence-corrected chi connectivity index (χ3v) is 6.25. The predicted molar refractivity (Wildman–Crippen MR) is 121 cm³/mol. The normalized spacial score (nSPS) is 16.2. The Kier molecular flexibility index (Phi) is 6.66. The number of carbonyl (C=O) groups is 2. The van der Waals surface area contributed by atoms with Crippen LogP contribution in [0, 0.1) is 0 Å². The summed E-state index contributed by atoms with van der Waals surface area (Å²) in [5.41, 5.74) is 1.17. The molecule has 2 aromatic carbocycles. The van der Waals surface area contributed by atoms with E-state index in [9.17, 15) is 18.0 Å². The monoisotopic (exact) mass is 472 g/mol. The van der Waals surface area contributed by atoms with Gasteiger partial charge in [0, 0.05) is 30.0 Å². The van der Waals surface area contributed by atoms with E-state index in [-0.39, 0.29) is 0 Å². The Morgan fingerprint density at radius 3 is 2.52 bits per heavy atom. The average Bonchev–Trinajstić information content (AvgIpc) is 3.41. The zero-order chi connectivity index (χ0) is 23.3. The second kappa shape index (κ2) is 9.63. The van der Waals surface area contributed by atoms with Crippen LogP contribution in [0.25, 0.3) is 6.08 Å². The van der Waals surface area contributed by atoms with E-state index in [1.54, 1.807) is 42.5 Å². The largest absolute Gasteiger partial charge is 0.455 e. The van der Waals surface area contributed by atoms with E-state index in [0.717, 1.165) is 31.1 Å². The summed E-state index contributed by atoms with van der Waals surface area (Å²) in [6.07, 6.45) is 5.14. The molecule has 0 unspecified atom stereocenters. The third-order valence-electron chi connectivity index (χ3n) is 5.21. The lowest BCUT2D eigenvalue weighted by molar-refractivity contribution is -0.146. The van der Waals surface area contributed by atoms with Crippen LogP contribution in [0.15, 0.2) is 53.9 Å². The van der Waals surface area contributed by atoms with Crippen LogP contribution in [0.5, 0.6) is 11.5 Å². The van der Waals surface area contributed by atoms with Crippen molar-refractivity contribution in [2.45, 2.75) is 31.5 Å². The molecule has 0 saturated heterocycles. The highest BCUT2D eigenvalue weighted by Gasteiger charge is 2.44. The molecule has 1 amide bonds. The Hall–Kier alpha value is -3.37. The fourth-order valence-corrected chi connectivity index (χ4v) is 4.37. The quantitative estimate of drug-likeness (QED) is 0.567. The minimum Gasteiger partial charge on any atom is -0.455 e. The molecule has 2 aliphatic rings. The lowest BCUT2D eigenvalue weighted by Gasteiger charge is -2.21. The van der Waals surface area contributed by atoms with E-state index in [1.807, 2.05) is 6.07 Å². The summed E-state index contributed by atoms with van der Waals surface area (Å²) < 4.78 is 42.8. The molecule has 2 N–H and O–H groups in total. The van der Waals surface area contributed by atoms with Crippen molar-refractivity contribution in [2.24, 2.45) is 0 Å². The molecule has 10 heteroatoms. The minimum absolute atomic E-state index is 0.472. The number of amides is 1. The first-order valence-corrected chi connectivity index (χ1v) is 12.1.